The average molecular weight is 340 g/mol. The molecule has 0 N–H and O–H groups in total. The maximum absolute atomic E-state index is 12.4. The molecule has 3 aromatic rings. The third kappa shape index (κ3) is 3.53. The number of aromatic nitrogens is 4. The SMILES string of the molecule is CCc1nc(COc2ccc(-c3noc(C(F)(F)F)n3)cc2)no1. The van der Waals surface area contributed by atoms with Crippen molar-refractivity contribution >= 4 is 0 Å². The zero-order valence-corrected chi connectivity index (χ0v) is 12.4. The molecule has 1 aromatic carbocycles. The number of aryl methyl sites for hydroxylation is 1. The zero-order chi connectivity index (χ0) is 17.2. The van der Waals surface area contributed by atoms with Crippen molar-refractivity contribution in [3.8, 4) is 17.1 Å². The molecule has 0 spiro atoms. The molecule has 0 atom stereocenters. The van der Waals surface area contributed by atoms with E-state index in [0.717, 1.165) is 0 Å². The van der Waals surface area contributed by atoms with Crippen LogP contribution in [0.5, 0.6) is 5.75 Å². The molecule has 24 heavy (non-hydrogen) atoms. The molecule has 126 valence electrons. The molecule has 0 bridgehead atoms. The molecule has 0 aliphatic rings. The first-order valence-corrected chi connectivity index (χ1v) is 6.91. The van der Waals surface area contributed by atoms with Gasteiger partial charge in [-0.2, -0.15) is 23.1 Å². The maximum Gasteiger partial charge on any atom is 0.471 e. The summed E-state index contributed by atoms with van der Waals surface area (Å²) in [6, 6.07) is 6.18. The van der Waals surface area contributed by atoms with Crippen LogP contribution in [0.2, 0.25) is 0 Å². The van der Waals surface area contributed by atoms with Gasteiger partial charge in [-0.05, 0) is 24.3 Å². The van der Waals surface area contributed by atoms with Gasteiger partial charge in [-0.1, -0.05) is 17.2 Å². The average Bonchev–Trinajstić information content (AvgIpc) is 3.22. The number of alkyl halides is 3. The fourth-order valence-electron chi connectivity index (χ4n) is 1.80. The normalized spacial score (nSPS) is 11.7. The van der Waals surface area contributed by atoms with Crippen LogP contribution >= 0.6 is 0 Å². The Balaban J connectivity index is 1.65. The van der Waals surface area contributed by atoms with E-state index in [2.05, 4.69) is 24.8 Å². The van der Waals surface area contributed by atoms with Crippen LogP contribution in [0.4, 0.5) is 13.2 Å². The number of rotatable bonds is 5. The lowest BCUT2D eigenvalue weighted by atomic mass is 10.2. The van der Waals surface area contributed by atoms with Gasteiger partial charge in [-0.15, -0.1) is 0 Å². The third-order valence-corrected chi connectivity index (χ3v) is 2.96. The van der Waals surface area contributed by atoms with Crippen molar-refractivity contribution in [1.82, 2.24) is 20.3 Å². The first-order valence-electron chi connectivity index (χ1n) is 6.91. The summed E-state index contributed by atoms with van der Waals surface area (Å²) in [5, 5.41) is 7.05. The highest BCUT2D eigenvalue weighted by molar-refractivity contribution is 5.55. The molecule has 2 aromatic heterocycles. The summed E-state index contributed by atoms with van der Waals surface area (Å²) in [4.78, 5) is 7.40. The summed E-state index contributed by atoms with van der Waals surface area (Å²) < 4.78 is 51.9. The molecule has 7 nitrogen and oxygen atoms in total. The lowest BCUT2D eigenvalue weighted by Gasteiger charge is -2.03. The second-order valence-electron chi connectivity index (χ2n) is 4.69. The first-order chi connectivity index (χ1) is 11.5. The summed E-state index contributed by atoms with van der Waals surface area (Å²) in [7, 11) is 0. The monoisotopic (exact) mass is 340 g/mol. The van der Waals surface area contributed by atoms with Crippen molar-refractivity contribution in [3.63, 3.8) is 0 Å². The van der Waals surface area contributed by atoms with Gasteiger partial charge in [0.25, 0.3) is 0 Å². The Morgan fingerprint density at radius 1 is 1.04 bits per heavy atom. The number of ether oxygens (including phenoxy) is 1. The summed E-state index contributed by atoms with van der Waals surface area (Å²) in [6.45, 7) is 2.00. The summed E-state index contributed by atoms with van der Waals surface area (Å²) in [5.74, 6) is -0.132. The number of halogens is 3. The minimum absolute atomic E-state index is 0.114. The smallest absolute Gasteiger partial charge is 0.471 e. The largest absolute Gasteiger partial charge is 0.485 e. The van der Waals surface area contributed by atoms with Gasteiger partial charge in [0.15, 0.2) is 6.61 Å². The van der Waals surface area contributed by atoms with E-state index in [0.29, 0.717) is 29.4 Å². The number of nitrogens with zero attached hydrogens (tertiary/aromatic N) is 4. The molecule has 0 aliphatic heterocycles. The predicted octanol–water partition coefficient (Wildman–Crippen LogP) is 3.28. The van der Waals surface area contributed by atoms with Crippen LogP contribution in [0, 0.1) is 0 Å². The molecule has 0 fully saturated rings. The minimum atomic E-state index is -4.67. The summed E-state index contributed by atoms with van der Waals surface area (Å²) >= 11 is 0. The molecular weight excluding hydrogens is 329 g/mol. The Morgan fingerprint density at radius 3 is 2.38 bits per heavy atom. The van der Waals surface area contributed by atoms with Crippen molar-refractivity contribution in [2.45, 2.75) is 26.1 Å². The number of benzene rings is 1. The van der Waals surface area contributed by atoms with Gasteiger partial charge in [0.05, 0.1) is 0 Å². The van der Waals surface area contributed by atoms with Crippen LogP contribution in [0.3, 0.4) is 0 Å². The fourth-order valence-corrected chi connectivity index (χ4v) is 1.80. The van der Waals surface area contributed by atoms with E-state index in [1.807, 2.05) is 6.92 Å². The van der Waals surface area contributed by atoms with Gasteiger partial charge >= 0.3 is 12.1 Å². The Labute approximate surface area is 133 Å². The quantitative estimate of drug-likeness (QED) is 0.704. The molecule has 10 heteroatoms. The third-order valence-electron chi connectivity index (χ3n) is 2.96. The molecule has 0 amide bonds. The van der Waals surface area contributed by atoms with Crippen LogP contribution in [-0.2, 0) is 19.2 Å². The number of hydrogen-bond acceptors (Lipinski definition) is 7. The summed E-state index contributed by atoms with van der Waals surface area (Å²) in [5.41, 5.74) is 0.370. The molecule has 3 rings (SSSR count). The van der Waals surface area contributed by atoms with Crippen LogP contribution in [0.25, 0.3) is 11.4 Å². The molecule has 0 unspecified atom stereocenters. The van der Waals surface area contributed by atoms with Gasteiger partial charge in [0, 0.05) is 12.0 Å². The molecular formula is C14H11F3N4O3. The van der Waals surface area contributed by atoms with E-state index in [-0.39, 0.29) is 12.4 Å². The van der Waals surface area contributed by atoms with Gasteiger partial charge in [0.2, 0.25) is 17.5 Å². The van der Waals surface area contributed by atoms with Gasteiger partial charge in [-0.25, -0.2) is 0 Å². The molecule has 0 saturated carbocycles. The van der Waals surface area contributed by atoms with E-state index < -0.39 is 12.1 Å². The first kappa shape index (κ1) is 16.0. The van der Waals surface area contributed by atoms with Gasteiger partial charge in [-0.3, -0.25) is 0 Å². The maximum atomic E-state index is 12.4. The lowest BCUT2D eigenvalue weighted by molar-refractivity contribution is -0.159. The van der Waals surface area contributed by atoms with E-state index in [4.69, 9.17) is 9.26 Å². The molecule has 2 heterocycles. The van der Waals surface area contributed by atoms with Crippen molar-refractivity contribution in [2.24, 2.45) is 0 Å². The number of hydrogen-bond donors (Lipinski definition) is 0. The minimum Gasteiger partial charge on any atom is -0.485 e. The topological polar surface area (TPSA) is 87.1 Å². The molecule has 0 radical (unpaired) electrons. The Morgan fingerprint density at radius 2 is 1.79 bits per heavy atom. The van der Waals surface area contributed by atoms with E-state index in [1.54, 1.807) is 12.1 Å². The van der Waals surface area contributed by atoms with Crippen molar-refractivity contribution < 1.29 is 27.0 Å². The van der Waals surface area contributed by atoms with Crippen LogP contribution in [0.1, 0.15) is 24.5 Å². The Hall–Kier alpha value is -2.91. The predicted molar refractivity (Wildman–Crippen MR) is 72.7 cm³/mol. The van der Waals surface area contributed by atoms with Crippen molar-refractivity contribution in [3.05, 3.63) is 41.9 Å². The van der Waals surface area contributed by atoms with E-state index in [1.165, 1.54) is 12.1 Å². The second-order valence-corrected chi connectivity index (χ2v) is 4.69. The second kappa shape index (κ2) is 6.30. The lowest BCUT2D eigenvalue weighted by Crippen LogP contribution is -2.04. The summed E-state index contributed by atoms with van der Waals surface area (Å²) in [6.07, 6.45) is -4.04. The molecule has 0 aliphatic carbocycles. The van der Waals surface area contributed by atoms with Crippen molar-refractivity contribution in [1.29, 1.82) is 0 Å². The molecule has 0 saturated heterocycles. The van der Waals surface area contributed by atoms with E-state index in [9.17, 15) is 13.2 Å². The fraction of sp³-hybridized carbons (Fsp3) is 0.286. The van der Waals surface area contributed by atoms with Crippen LogP contribution in [0.15, 0.2) is 33.3 Å². The van der Waals surface area contributed by atoms with Gasteiger partial charge in [0.1, 0.15) is 5.75 Å². The van der Waals surface area contributed by atoms with Crippen LogP contribution in [-0.4, -0.2) is 20.3 Å². The standard InChI is InChI=1S/C14H11F3N4O3/c1-2-11-18-10(20-23-11)7-22-9-5-3-8(4-6-9)12-19-13(24-21-12)14(15,16)17/h3-6H,2,7H2,1H3. The highest BCUT2D eigenvalue weighted by atomic mass is 19.4. The van der Waals surface area contributed by atoms with Gasteiger partial charge < -0.3 is 13.8 Å². The Bertz CT molecular complexity index is 811. The van der Waals surface area contributed by atoms with Crippen LogP contribution < -0.4 is 4.74 Å². The van der Waals surface area contributed by atoms with Crippen molar-refractivity contribution in [2.75, 3.05) is 0 Å². The zero-order valence-electron chi connectivity index (χ0n) is 12.4. The van der Waals surface area contributed by atoms with E-state index >= 15 is 0 Å². The Kier molecular flexibility index (Phi) is 4.19. The highest BCUT2D eigenvalue weighted by Crippen LogP contribution is 2.29. The highest BCUT2D eigenvalue weighted by Gasteiger charge is 2.38.